The normalized spacial score (nSPS) is 17.3. The first kappa shape index (κ1) is 15.9. The summed E-state index contributed by atoms with van der Waals surface area (Å²) in [4.78, 5) is 2.40. The van der Waals surface area contributed by atoms with Crippen LogP contribution in [0.1, 0.15) is 30.7 Å². The molecule has 0 fully saturated rings. The largest absolute Gasteiger partial charge is 0.486 e. The summed E-state index contributed by atoms with van der Waals surface area (Å²) in [5.41, 5.74) is 3.14. The Morgan fingerprint density at radius 1 is 1.30 bits per heavy atom. The fourth-order valence-electron chi connectivity index (χ4n) is 3.35. The summed E-state index contributed by atoms with van der Waals surface area (Å²) in [6.45, 7) is 8.80. The minimum Gasteiger partial charge on any atom is -0.486 e. The van der Waals surface area contributed by atoms with Gasteiger partial charge in [-0.25, -0.2) is 4.68 Å². The molecule has 1 aliphatic rings. The van der Waals surface area contributed by atoms with Gasteiger partial charge in [0, 0.05) is 32.2 Å². The van der Waals surface area contributed by atoms with Gasteiger partial charge in [-0.05, 0) is 26.8 Å². The van der Waals surface area contributed by atoms with E-state index in [0.717, 1.165) is 42.5 Å². The van der Waals surface area contributed by atoms with E-state index in [0.29, 0.717) is 0 Å². The van der Waals surface area contributed by atoms with Crippen molar-refractivity contribution in [2.24, 2.45) is 7.05 Å². The second-order valence-corrected chi connectivity index (χ2v) is 6.81. The first-order valence-corrected chi connectivity index (χ1v) is 7.95. The molecule has 0 saturated heterocycles. The predicted molar refractivity (Wildman–Crippen MR) is 89.8 cm³/mol. The highest BCUT2D eigenvalue weighted by Gasteiger charge is 2.30. The van der Waals surface area contributed by atoms with E-state index in [1.807, 2.05) is 20.0 Å². The number of rotatable bonds is 3. The fourth-order valence-corrected chi connectivity index (χ4v) is 3.35. The molecule has 0 bridgehead atoms. The van der Waals surface area contributed by atoms with Gasteiger partial charge in [-0.2, -0.15) is 5.10 Å². The van der Waals surface area contributed by atoms with Gasteiger partial charge in [0.25, 0.3) is 0 Å². The molecule has 5 nitrogen and oxygen atoms in total. The zero-order valence-corrected chi connectivity index (χ0v) is 14.6. The van der Waals surface area contributed by atoms with Gasteiger partial charge in [0.1, 0.15) is 11.4 Å². The number of hydrogen-bond donors (Lipinski definition) is 0. The molecule has 124 valence electrons. The minimum absolute atomic E-state index is 0.240. The summed E-state index contributed by atoms with van der Waals surface area (Å²) in [5, 5.41) is 4.49. The van der Waals surface area contributed by atoms with E-state index in [1.54, 1.807) is 11.8 Å². The third kappa shape index (κ3) is 3.20. The first-order valence-electron chi connectivity index (χ1n) is 7.95. The number of aryl methyl sites for hydroxylation is 2. The zero-order chi connectivity index (χ0) is 16.6. The average molecular weight is 315 g/mol. The van der Waals surface area contributed by atoms with E-state index in [-0.39, 0.29) is 5.60 Å². The summed E-state index contributed by atoms with van der Waals surface area (Å²) in [6.07, 6.45) is 0. The molecule has 0 spiro atoms. The Morgan fingerprint density at radius 3 is 2.78 bits per heavy atom. The Morgan fingerprint density at radius 2 is 2.04 bits per heavy atom. The molecule has 2 aromatic rings. The van der Waals surface area contributed by atoms with Crippen LogP contribution in [0.25, 0.3) is 0 Å². The lowest BCUT2D eigenvalue weighted by Crippen LogP contribution is -2.40. The highest BCUT2D eigenvalue weighted by atomic mass is 16.5. The molecule has 0 N–H and O–H groups in total. The molecule has 0 atom stereocenters. The van der Waals surface area contributed by atoms with E-state index in [9.17, 15) is 0 Å². The summed E-state index contributed by atoms with van der Waals surface area (Å²) in [6, 6.07) is 8.28. The SMILES string of the molecule is COc1c(CN2Cc3ccccc3OC(C)(C)C2)c(C)nn1C. The quantitative estimate of drug-likeness (QED) is 0.873. The van der Waals surface area contributed by atoms with E-state index in [4.69, 9.17) is 9.47 Å². The van der Waals surface area contributed by atoms with Gasteiger partial charge in [0.05, 0.1) is 18.4 Å². The van der Waals surface area contributed by atoms with Crippen LogP contribution in [0.3, 0.4) is 0 Å². The Balaban J connectivity index is 1.91. The number of fused-ring (bicyclic) bond motifs is 1. The highest BCUT2D eigenvalue weighted by Crippen LogP contribution is 2.31. The number of methoxy groups -OCH3 is 1. The number of nitrogens with zero attached hydrogens (tertiary/aromatic N) is 3. The van der Waals surface area contributed by atoms with Gasteiger partial charge >= 0.3 is 0 Å². The van der Waals surface area contributed by atoms with Crippen LogP contribution in [-0.2, 0) is 20.1 Å². The van der Waals surface area contributed by atoms with E-state index in [1.165, 1.54) is 5.56 Å². The van der Waals surface area contributed by atoms with Crippen LogP contribution < -0.4 is 9.47 Å². The standard InChI is InChI=1S/C18H25N3O2/c1-13-15(17(22-5)20(4)19-13)11-21-10-14-8-6-7-9-16(14)23-18(2,3)12-21/h6-9H,10-12H2,1-5H3. The van der Waals surface area contributed by atoms with Crippen LogP contribution in [0.2, 0.25) is 0 Å². The molecule has 3 rings (SSSR count). The number of hydrogen-bond acceptors (Lipinski definition) is 4. The molecule has 0 saturated carbocycles. The maximum atomic E-state index is 6.21. The summed E-state index contributed by atoms with van der Waals surface area (Å²) < 4.78 is 13.5. The molecular weight excluding hydrogens is 290 g/mol. The van der Waals surface area contributed by atoms with Gasteiger partial charge < -0.3 is 9.47 Å². The van der Waals surface area contributed by atoms with Gasteiger partial charge in [-0.3, -0.25) is 4.90 Å². The summed E-state index contributed by atoms with van der Waals surface area (Å²) in [5.74, 6) is 1.81. The second-order valence-electron chi connectivity index (χ2n) is 6.81. The number of para-hydroxylation sites is 1. The van der Waals surface area contributed by atoms with Crippen molar-refractivity contribution in [1.82, 2.24) is 14.7 Å². The maximum absolute atomic E-state index is 6.21. The van der Waals surface area contributed by atoms with Crippen molar-refractivity contribution in [1.29, 1.82) is 0 Å². The minimum atomic E-state index is -0.240. The first-order chi connectivity index (χ1) is 10.9. The third-order valence-electron chi connectivity index (χ3n) is 4.22. The Bertz CT molecular complexity index is 706. The molecule has 1 aromatic heterocycles. The van der Waals surface area contributed by atoms with Crippen LogP contribution in [0.5, 0.6) is 11.6 Å². The van der Waals surface area contributed by atoms with Gasteiger partial charge in [-0.15, -0.1) is 0 Å². The third-order valence-corrected chi connectivity index (χ3v) is 4.22. The number of ether oxygens (including phenoxy) is 2. The maximum Gasteiger partial charge on any atom is 0.216 e. The lowest BCUT2D eigenvalue weighted by molar-refractivity contribution is 0.0678. The molecule has 0 aliphatic carbocycles. The molecule has 0 radical (unpaired) electrons. The number of aromatic nitrogens is 2. The van der Waals surface area contributed by atoms with E-state index in [2.05, 4.69) is 42.0 Å². The monoisotopic (exact) mass is 315 g/mol. The molecule has 23 heavy (non-hydrogen) atoms. The van der Waals surface area contributed by atoms with Gasteiger partial charge in [-0.1, -0.05) is 18.2 Å². The molecule has 0 amide bonds. The predicted octanol–water partition coefficient (Wildman–Crippen LogP) is 2.91. The van der Waals surface area contributed by atoms with Crippen molar-refractivity contribution in [2.75, 3.05) is 13.7 Å². The summed E-state index contributed by atoms with van der Waals surface area (Å²) in [7, 11) is 3.62. The van der Waals surface area contributed by atoms with E-state index >= 15 is 0 Å². The Hall–Kier alpha value is -2.01. The Kier molecular flexibility index (Phi) is 4.06. The zero-order valence-electron chi connectivity index (χ0n) is 14.6. The lowest BCUT2D eigenvalue weighted by atomic mass is 10.1. The lowest BCUT2D eigenvalue weighted by Gasteiger charge is -2.29. The van der Waals surface area contributed by atoms with Crippen molar-refractivity contribution < 1.29 is 9.47 Å². The second kappa shape index (κ2) is 5.89. The Labute approximate surface area is 137 Å². The van der Waals surface area contributed by atoms with Crippen LogP contribution in [0.4, 0.5) is 0 Å². The molecule has 2 heterocycles. The fraction of sp³-hybridized carbons (Fsp3) is 0.500. The van der Waals surface area contributed by atoms with Crippen molar-refractivity contribution in [3.05, 3.63) is 41.1 Å². The number of benzene rings is 1. The van der Waals surface area contributed by atoms with Crippen LogP contribution >= 0.6 is 0 Å². The van der Waals surface area contributed by atoms with Crippen LogP contribution in [0.15, 0.2) is 24.3 Å². The summed E-state index contributed by atoms with van der Waals surface area (Å²) >= 11 is 0. The van der Waals surface area contributed by atoms with E-state index < -0.39 is 0 Å². The van der Waals surface area contributed by atoms with Crippen molar-refractivity contribution >= 4 is 0 Å². The highest BCUT2D eigenvalue weighted by molar-refractivity contribution is 5.35. The van der Waals surface area contributed by atoms with Crippen molar-refractivity contribution in [3.8, 4) is 11.6 Å². The van der Waals surface area contributed by atoms with Crippen molar-refractivity contribution in [3.63, 3.8) is 0 Å². The molecule has 1 aliphatic heterocycles. The van der Waals surface area contributed by atoms with Gasteiger partial charge in [0.2, 0.25) is 5.88 Å². The van der Waals surface area contributed by atoms with Crippen LogP contribution in [0, 0.1) is 6.92 Å². The van der Waals surface area contributed by atoms with Gasteiger partial charge in [0.15, 0.2) is 0 Å². The molecule has 0 unspecified atom stereocenters. The van der Waals surface area contributed by atoms with Crippen LogP contribution in [-0.4, -0.2) is 33.9 Å². The molecular formula is C18H25N3O2. The average Bonchev–Trinajstić information content (AvgIpc) is 2.65. The topological polar surface area (TPSA) is 39.5 Å². The van der Waals surface area contributed by atoms with Crippen molar-refractivity contribution in [2.45, 2.75) is 39.5 Å². The molecule has 5 heteroatoms. The smallest absolute Gasteiger partial charge is 0.216 e. The molecule has 1 aromatic carbocycles.